The number of hydrogen-bond donors (Lipinski definition) is 1. The third kappa shape index (κ3) is 6.35. The van der Waals surface area contributed by atoms with Gasteiger partial charge in [-0.15, -0.1) is 11.3 Å². The minimum atomic E-state index is 0.468. The molecule has 3 heteroatoms. The first-order valence-electron chi connectivity index (χ1n) is 7.07. The number of unbranched alkanes of at least 4 members (excludes halogenated alkanes) is 3. The Balaban J connectivity index is 2.03. The van der Waals surface area contributed by atoms with Crippen molar-refractivity contribution >= 4 is 27.3 Å². The van der Waals surface area contributed by atoms with E-state index in [9.17, 15) is 0 Å². The van der Waals surface area contributed by atoms with E-state index in [4.69, 9.17) is 0 Å². The standard InChI is InChI=1S/C15H26BrNS/c1-12(2)8-6-4-5-7-10-17-13(3)15-14(16)9-11-18-15/h9,11-13,17H,4-8,10H2,1-3H3. The molecule has 0 bridgehead atoms. The van der Waals surface area contributed by atoms with E-state index in [1.807, 2.05) is 11.3 Å². The van der Waals surface area contributed by atoms with Gasteiger partial charge < -0.3 is 5.32 Å². The average molecular weight is 332 g/mol. The van der Waals surface area contributed by atoms with E-state index < -0.39 is 0 Å². The topological polar surface area (TPSA) is 12.0 Å². The van der Waals surface area contributed by atoms with Crippen LogP contribution in [0.4, 0.5) is 0 Å². The molecule has 0 spiro atoms. The summed E-state index contributed by atoms with van der Waals surface area (Å²) < 4.78 is 1.24. The molecule has 0 radical (unpaired) electrons. The van der Waals surface area contributed by atoms with Crippen molar-refractivity contribution < 1.29 is 0 Å². The van der Waals surface area contributed by atoms with E-state index in [1.165, 1.54) is 41.5 Å². The van der Waals surface area contributed by atoms with Crippen molar-refractivity contribution in [3.05, 3.63) is 20.8 Å². The Bertz CT molecular complexity index is 322. The summed E-state index contributed by atoms with van der Waals surface area (Å²) in [6.45, 7) is 7.99. The summed E-state index contributed by atoms with van der Waals surface area (Å²) >= 11 is 5.42. The van der Waals surface area contributed by atoms with Crippen LogP contribution in [0.25, 0.3) is 0 Å². The summed E-state index contributed by atoms with van der Waals surface area (Å²) in [6.07, 6.45) is 6.82. The second-order valence-electron chi connectivity index (χ2n) is 5.41. The molecule has 0 amide bonds. The molecule has 1 aromatic heterocycles. The molecule has 18 heavy (non-hydrogen) atoms. The van der Waals surface area contributed by atoms with Crippen LogP contribution < -0.4 is 5.32 Å². The van der Waals surface area contributed by atoms with Gasteiger partial charge in [-0.25, -0.2) is 0 Å². The monoisotopic (exact) mass is 331 g/mol. The van der Waals surface area contributed by atoms with Gasteiger partial charge in [0.15, 0.2) is 0 Å². The number of rotatable bonds is 9. The smallest absolute Gasteiger partial charge is 0.0397 e. The maximum Gasteiger partial charge on any atom is 0.0397 e. The Morgan fingerprint density at radius 2 is 1.89 bits per heavy atom. The average Bonchev–Trinajstić information content (AvgIpc) is 2.73. The quantitative estimate of drug-likeness (QED) is 0.566. The van der Waals surface area contributed by atoms with Crippen LogP contribution in [0.15, 0.2) is 15.9 Å². The van der Waals surface area contributed by atoms with Crippen molar-refractivity contribution in [1.82, 2.24) is 5.32 Å². The fourth-order valence-corrected chi connectivity index (χ4v) is 3.81. The minimum absolute atomic E-state index is 0.468. The Kier molecular flexibility index (Phi) is 8.20. The van der Waals surface area contributed by atoms with Gasteiger partial charge in [0.25, 0.3) is 0 Å². The lowest BCUT2D eigenvalue weighted by molar-refractivity contribution is 0.500. The largest absolute Gasteiger partial charge is 0.309 e. The number of thiophene rings is 1. The molecule has 0 aliphatic rings. The summed E-state index contributed by atoms with van der Waals surface area (Å²) in [7, 11) is 0. The molecular weight excluding hydrogens is 306 g/mol. The van der Waals surface area contributed by atoms with Gasteiger partial charge in [-0.1, -0.05) is 39.5 Å². The van der Waals surface area contributed by atoms with Gasteiger partial charge in [0, 0.05) is 15.4 Å². The molecule has 1 nitrogen and oxygen atoms in total. The second kappa shape index (κ2) is 9.11. The highest BCUT2D eigenvalue weighted by atomic mass is 79.9. The van der Waals surface area contributed by atoms with E-state index in [0.717, 1.165) is 12.5 Å². The molecule has 0 aliphatic heterocycles. The van der Waals surface area contributed by atoms with Crippen molar-refractivity contribution in [2.45, 2.75) is 58.9 Å². The highest BCUT2D eigenvalue weighted by molar-refractivity contribution is 9.10. The molecule has 0 fully saturated rings. The zero-order valence-corrected chi connectivity index (χ0v) is 14.2. The first-order valence-corrected chi connectivity index (χ1v) is 8.74. The predicted octanol–water partition coefficient (Wildman–Crippen LogP) is 5.77. The molecule has 1 atom stereocenters. The fraction of sp³-hybridized carbons (Fsp3) is 0.733. The first kappa shape index (κ1) is 16.2. The zero-order valence-electron chi connectivity index (χ0n) is 11.8. The lowest BCUT2D eigenvalue weighted by Crippen LogP contribution is -2.19. The highest BCUT2D eigenvalue weighted by Crippen LogP contribution is 2.28. The molecule has 0 aromatic carbocycles. The maximum atomic E-state index is 3.61. The maximum absolute atomic E-state index is 3.61. The third-order valence-corrected chi connectivity index (χ3v) is 5.25. The number of hydrogen-bond acceptors (Lipinski definition) is 2. The van der Waals surface area contributed by atoms with Gasteiger partial charge in [-0.2, -0.15) is 0 Å². The van der Waals surface area contributed by atoms with Crippen LogP contribution in [0, 0.1) is 5.92 Å². The second-order valence-corrected chi connectivity index (χ2v) is 7.21. The van der Waals surface area contributed by atoms with Crippen molar-refractivity contribution in [2.24, 2.45) is 5.92 Å². The number of halogens is 1. The Morgan fingerprint density at radius 1 is 1.17 bits per heavy atom. The summed E-state index contributed by atoms with van der Waals surface area (Å²) in [6, 6.07) is 2.60. The molecule has 1 heterocycles. The molecule has 1 unspecified atom stereocenters. The van der Waals surface area contributed by atoms with Gasteiger partial charge in [0.05, 0.1) is 0 Å². The molecule has 1 aromatic rings. The number of nitrogens with one attached hydrogen (secondary N) is 1. The van der Waals surface area contributed by atoms with Crippen LogP contribution in [0.5, 0.6) is 0 Å². The van der Waals surface area contributed by atoms with E-state index in [2.05, 4.69) is 53.5 Å². The highest BCUT2D eigenvalue weighted by Gasteiger charge is 2.09. The van der Waals surface area contributed by atoms with Crippen LogP contribution in [-0.2, 0) is 0 Å². The normalized spacial score (nSPS) is 13.2. The summed E-state index contributed by atoms with van der Waals surface area (Å²) in [4.78, 5) is 1.41. The lowest BCUT2D eigenvalue weighted by atomic mass is 10.0. The minimum Gasteiger partial charge on any atom is -0.309 e. The van der Waals surface area contributed by atoms with Gasteiger partial charge in [0.2, 0.25) is 0 Å². The van der Waals surface area contributed by atoms with Crippen molar-refractivity contribution in [3.8, 4) is 0 Å². The van der Waals surface area contributed by atoms with Gasteiger partial charge in [-0.05, 0) is 53.2 Å². The van der Waals surface area contributed by atoms with Crippen molar-refractivity contribution in [3.63, 3.8) is 0 Å². The molecule has 0 saturated carbocycles. The van der Waals surface area contributed by atoms with E-state index in [0.29, 0.717) is 6.04 Å². The lowest BCUT2D eigenvalue weighted by Gasteiger charge is -2.13. The Morgan fingerprint density at radius 3 is 2.50 bits per heavy atom. The predicted molar refractivity (Wildman–Crippen MR) is 86.4 cm³/mol. The van der Waals surface area contributed by atoms with Crippen LogP contribution in [0.3, 0.4) is 0 Å². The van der Waals surface area contributed by atoms with Crippen LogP contribution in [0.1, 0.15) is 63.8 Å². The van der Waals surface area contributed by atoms with E-state index in [-0.39, 0.29) is 0 Å². The third-order valence-electron chi connectivity index (χ3n) is 3.20. The van der Waals surface area contributed by atoms with Gasteiger partial charge in [-0.3, -0.25) is 0 Å². The van der Waals surface area contributed by atoms with Crippen LogP contribution in [0.2, 0.25) is 0 Å². The fourth-order valence-electron chi connectivity index (χ4n) is 2.06. The Labute approximate surface area is 125 Å². The molecule has 1 N–H and O–H groups in total. The van der Waals surface area contributed by atoms with E-state index in [1.54, 1.807) is 0 Å². The van der Waals surface area contributed by atoms with Crippen molar-refractivity contribution in [1.29, 1.82) is 0 Å². The first-order chi connectivity index (χ1) is 8.61. The summed E-state index contributed by atoms with van der Waals surface area (Å²) in [5, 5.41) is 5.75. The molecule has 0 aliphatic carbocycles. The van der Waals surface area contributed by atoms with Gasteiger partial charge >= 0.3 is 0 Å². The SMILES string of the molecule is CC(C)CCCCCCNC(C)c1sccc1Br. The Hall–Kier alpha value is 0.140. The summed E-state index contributed by atoms with van der Waals surface area (Å²) in [5.74, 6) is 0.860. The zero-order chi connectivity index (χ0) is 13.4. The van der Waals surface area contributed by atoms with E-state index >= 15 is 0 Å². The van der Waals surface area contributed by atoms with Crippen LogP contribution >= 0.6 is 27.3 Å². The van der Waals surface area contributed by atoms with Crippen LogP contribution in [-0.4, -0.2) is 6.54 Å². The van der Waals surface area contributed by atoms with Gasteiger partial charge in [0.1, 0.15) is 0 Å². The molecule has 0 saturated heterocycles. The van der Waals surface area contributed by atoms with Crippen molar-refractivity contribution in [2.75, 3.05) is 6.54 Å². The molecule has 1 rings (SSSR count). The summed E-state index contributed by atoms with van der Waals surface area (Å²) in [5.41, 5.74) is 0. The molecular formula is C15H26BrNS. The molecule has 104 valence electrons.